The lowest BCUT2D eigenvalue weighted by Crippen LogP contribution is -2.49. The lowest BCUT2D eigenvalue weighted by molar-refractivity contribution is -0.132. The van der Waals surface area contributed by atoms with Gasteiger partial charge < -0.3 is 4.90 Å². The summed E-state index contributed by atoms with van der Waals surface area (Å²) in [6, 6.07) is 14.4. The lowest BCUT2D eigenvalue weighted by atomic mass is 10.1. The molecule has 1 aliphatic heterocycles. The van der Waals surface area contributed by atoms with Crippen LogP contribution in [0.25, 0.3) is 5.69 Å². The standard InChI is InChI=1S/C23H28N4OS/c1-18-22(19(2)27(24-18)20-7-4-3-5-8-20)17-23(28)26-14-12-25(13-15-26)11-10-21-9-6-16-29-21/h3-9,16H,10-15,17H2,1-2H3. The Kier molecular flexibility index (Phi) is 6.11. The third kappa shape index (κ3) is 4.60. The zero-order chi connectivity index (χ0) is 20.2. The average molecular weight is 409 g/mol. The first kappa shape index (κ1) is 19.9. The number of carbonyl (C=O) groups excluding carboxylic acids is 1. The Labute approximate surface area is 176 Å². The third-order valence-corrected chi connectivity index (χ3v) is 6.69. The molecule has 0 N–H and O–H groups in total. The van der Waals surface area contributed by atoms with Gasteiger partial charge in [0.15, 0.2) is 0 Å². The van der Waals surface area contributed by atoms with Crippen molar-refractivity contribution in [3.8, 4) is 5.69 Å². The molecule has 1 saturated heterocycles. The molecule has 0 aliphatic carbocycles. The monoisotopic (exact) mass is 408 g/mol. The van der Waals surface area contributed by atoms with Crippen molar-refractivity contribution >= 4 is 17.2 Å². The maximum absolute atomic E-state index is 12.9. The van der Waals surface area contributed by atoms with Crippen LogP contribution >= 0.6 is 11.3 Å². The van der Waals surface area contributed by atoms with E-state index in [1.54, 1.807) is 0 Å². The number of carbonyl (C=O) groups is 1. The number of rotatable bonds is 6. The normalized spacial score (nSPS) is 15.0. The number of thiophene rings is 1. The van der Waals surface area contributed by atoms with E-state index >= 15 is 0 Å². The first-order valence-corrected chi connectivity index (χ1v) is 11.1. The van der Waals surface area contributed by atoms with Gasteiger partial charge in [0, 0.05) is 48.9 Å². The van der Waals surface area contributed by atoms with Gasteiger partial charge in [-0.05, 0) is 43.8 Å². The summed E-state index contributed by atoms with van der Waals surface area (Å²) >= 11 is 1.82. The number of hydrogen-bond donors (Lipinski definition) is 0. The summed E-state index contributed by atoms with van der Waals surface area (Å²) < 4.78 is 1.94. The van der Waals surface area contributed by atoms with Gasteiger partial charge in [0.05, 0.1) is 17.8 Å². The fourth-order valence-electron chi connectivity index (χ4n) is 3.96. The van der Waals surface area contributed by atoms with E-state index in [4.69, 9.17) is 0 Å². The smallest absolute Gasteiger partial charge is 0.227 e. The van der Waals surface area contributed by atoms with Gasteiger partial charge in [0.1, 0.15) is 0 Å². The number of aryl methyl sites for hydroxylation is 1. The predicted octanol–water partition coefficient (Wildman–Crippen LogP) is 3.48. The summed E-state index contributed by atoms with van der Waals surface area (Å²) in [5.74, 6) is 0.210. The Morgan fingerprint density at radius 2 is 1.79 bits per heavy atom. The average Bonchev–Trinajstić information content (AvgIpc) is 3.37. The molecular weight excluding hydrogens is 380 g/mol. The van der Waals surface area contributed by atoms with Crippen molar-refractivity contribution in [3.63, 3.8) is 0 Å². The number of hydrogen-bond acceptors (Lipinski definition) is 4. The molecule has 0 unspecified atom stereocenters. The van der Waals surface area contributed by atoms with Crippen molar-refractivity contribution in [3.05, 3.63) is 69.7 Å². The number of aromatic nitrogens is 2. The van der Waals surface area contributed by atoms with Gasteiger partial charge in [-0.1, -0.05) is 24.3 Å². The molecule has 152 valence electrons. The molecule has 1 aromatic carbocycles. The molecule has 1 amide bonds. The van der Waals surface area contributed by atoms with E-state index in [1.165, 1.54) is 4.88 Å². The van der Waals surface area contributed by atoms with Crippen LogP contribution in [0.4, 0.5) is 0 Å². The first-order valence-electron chi connectivity index (χ1n) is 10.2. The fraction of sp³-hybridized carbons (Fsp3) is 0.391. The van der Waals surface area contributed by atoms with Crippen LogP contribution in [0.15, 0.2) is 47.8 Å². The Morgan fingerprint density at radius 3 is 2.48 bits per heavy atom. The summed E-state index contributed by atoms with van der Waals surface area (Å²) in [7, 11) is 0. The van der Waals surface area contributed by atoms with Crippen LogP contribution < -0.4 is 0 Å². The molecule has 0 radical (unpaired) electrons. The van der Waals surface area contributed by atoms with Crippen molar-refractivity contribution < 1.29 is 4.79 Å². The van der Waals surface area contributed by atoms with Crippen LogP contribution in [0.2, 0.25) is 0 Å². The second kappa shape index (κ2) is 8.93. The fourth-order valence-corrected chi connectivity index (χ4v) is 4.66. The predicted molar refractivity (Wildman–Crippen MR) is 118 cm³/mol. The number of amides is 1. The molecule has 0 atom stereocenters. The Bertz CT molecular complexity index is 941. The molecule has 1 fully saturated rings. The molecule has 5 nitrogen and oxygen atoms in total. The molecule has 6 heteroatoms. The summed E-state index contributed by atoms with van der Waals surface area (Å²) in [4.78, 5) is 18.9. The minimum absolute atomic E-state index is 0.210. The largest absolute Gasteiger partial charge is 0.340 e. The molecule has 3 heterocycles. The van der Waals surface area contributed by atoms with Crippen molar-refractivity contribution in [2.75, 3.05) is 32.7 Å². The number of nitrogens with zero attached hydrogens (tertiary/aromatic N) is 4. The van der Waals surface area contributed by atoms with Gasteiger partial charge >= 0.3 is 0 Å². The van der Waals surface area contributed by atoms with Crippen LogP contribution in [-0.4, -0.2) is 58.2 Å². The summed E-state index contributed by atoms with van der Waals surface area (Å²) in [6.45, 7) is 8.67. The van der Waals surface area contributed by atoms with Crippen molar-refractivity contribution in [1.29, 1.82) is 0 Å². The number of benzene rings is 1. The second-order valence-electron chi connectivity index (χ2n) is 7.63. The molecular formula is C23H28N4OS. The Balaban J connectivity index is 1.34. The number of para-hydroxylation sites is 1. The van der Waals surface area contributed by atoms with E-state index in [0.29, 0.717) is 6.42 Å². The van der Waals surface area contributed by atoms with E-state index < -0.39 is 0 Å². The van der Waals surface area contributed by atoms with Crippen LogP contribution in [0.5, 0.6) is 0 Å². The van der Waals surface area contributed by atoms with E-state index in [1.807, 2.05) is 58.2 Å². The Hall–Kier alpha value is -2.44. The van der Waals surface area contributed by atoms with Gasteiger partial charge in [0.25, 0.3) is 0 Å². The lowest BCUT2D eigenvalue weighted by Gasteiger charge is -2.34. The first-order chi connectivity index (χ1) is 14.1. The van der Waals surface area contributed by atoms with Gasteiger partial charge in [-0.3, -0.25) is 9.69 Å². The van der Waals surface area contributed by atoms with Gasteiger partial charge in [-0.15, -0.1) is 11.3 Å². The molecule has 4 rings (SSSR count). The summed E-state index contributed by atoms with van der Waals surface area (Å²) in [6.07, 6.45) is 1.53. The molecule has 0 saturated carbocycles. The van der Waals surface area contributed by atoms with E-state index in [2.05, 4.69) is 34.4 Å². The molecule has 2 aromatic heterocycles. The van der Waals surface area contributed by atoms with Crippen LogP contribution in [0, 0.1) is 13.8 Å². The minimum Gasteiger partial charge on any atom is -0.340 e. The highest BCUT2D eigenvalue weighted by Gasteiger charge is 2.23. The zero-order valence-electron chi connectivity index (χ0n) is 17.2. The van der Waals surface area contributed by atoms with Crippen molar-refractivity contribution in [2.45, 2.75) is 26.7 Å². The highest BCUT2D eigenvalue weighted by Crippen LogP contribution is 2.19. The topological polar surface area (TPSA) is 41.4 Å². The SMILES string of the molecule is Cc1nn(-c2ccccc2)c(C)c1CC(=O)N1CCN(CCc2cccs2)CC1. The molecule has 0 spiro atoms. The van der Waals surface area contributed by atoms with Gasteiger partial charge in [-0.2, -0.15) is 5.10 Å². The highest BCUT2D eigenvalue weighted by atomic mass is 32.1. The highest BCUT2D eigenvalue weighted by molar-refractivity contribution is 7.09. The molecule has 3 aromatic rings. The molecule has 0 bridgehead atoms. The summed E-state index contributed by atoms with van der Waals surface area (Å²) in [5, 5.41) is 6.81. The van der Waals surface area contributed by atoms with Crippen molar-refractivity contribution in [1.82, 2.24) is 19.6 Å². The molecule has 1 aliphatic rings. The van der Waals surface area contributed by atoms with Crippen LogP contribution in [0.1, 0.15) is 21.8 Å². The van der Waals surface area contributed by atoms with Gasteiger partial charge in [0.2, 0.25) is 5.91 Å². The quantitative estimate of drug-likeness (QED) is 0.627. The third-order valence-electron chi connectivity index (χ3n) is 5.75. The molecule has 29 heavy (non-hydrogen) atoms. The van der Waals surface area contributed by atoms with E-state index in [9.17, 15) is 4.79 Å². The van der Waals surface area contributed by atoms with Crippen molar-refractivity contribution in [2.24, 2.45) is 0 Å². The maximum atomic E-state index is 12.9. The van der Waals surface area contributed by atoms with E-state index in [-0.39, 0.29) is 5.91 Å². The van der Waals surface area contributed by atoms with Crippen LogP contribution in [-0.2, 0) is 17.6 Å². The Morgan fingerprint density at radius 1 is 1.03 bits per heavy atom. The summed E-state index contributed by atoms with van der Waals surface area (Å²) in [5.41, 5.74) is 4.08. The maximum Gasteiger partial charge on any atom is 0.227 e. The van der Waals surface area contributed by atoms with E-state index in [0.717, 1.165) is 61.8 Å². The second-order valence-corrected chi connectivity index (χ2v) is 8.66. The van der Waals surface area contributed by atoms with Gasteiger partial charge in [-0.25, -0.2) is 4.68 Å². The zero-order valence-corrected chi connectivity index (χ0v) is 18.0. The minimum atomic E-state index is 0.210. The van der Waals surface area contributed by atoms with Crippen LogP contribution in [0.3, 0.4) is 0 Å². The number of piperazine rings is 1.